The Morgan fingerprint density at radius 1 is 0.270 bits per heavy atom. The summed E-state index contributed by atoms with van der Waals surface area (Å²) in [6, 6.07) is 0. The molecule has 0 aliphatic heterocycles. The average Bonchev–Trinajstić information content (AvgIpc) is 3.40. The van der Waals surface area contributed by atoms with Crippen LogP contribution in [0.4, 0.5) is 0 Å². The Morgan fingerprint density at radius 3 is 0.743 bits per heavy atom. The first-order valence-electron chi connectivity index (χ1n) is 33.3. The first-order valence-corrected chi connectivity index (χ1v) is 33.3. The maximum atomic E-state index is 12.9. The normalized spacial score (nSPS) is 12.1. The van der Waals surface area contributed by atoms with Gasteiger partial charge in [0.2, 0.25) is 0 Å². The molecule has 0 rings (SSSR count). The number of carbonyl (C=O) groups is 3. The van der Waals surface area contributed by atoms with Crippen LogP contribution in [0.15, 0.2) is 24.3 Å². The van der Waals surface area contributed by atoms with E-state index in [0.29, 0.717) is 19.3 Å². The molecule has 0 aromatic carbocycles. The summed E-state index contributed by atoms with van der Waals surface area (Å²) in [6.45, 7) is 6.69. The topological polar surface area (TPSA) is 78.9 Å². The monoisotopic (exact) mass is 1040 g/mol. The Hall–Kier alpha value is -2.11. The zero-order chi connectivity index (χ0) is 53.6. The fourth-order valence-electron chi connectivity index (χ4n) is 10.2. The number of hydrogen-bond acceptors (Lipinski definition) is 6. The molecule has 6 heteroatoms. The molecular formula is C68H128O6. The molecule has 0 amide bonds. The summed E-state index contributed by atoms with van der Waals surface area (Å²) in [4.78, 5) is 38.3. The van der Waals surface area contributed by atoms with E-state index < -0.39 is 6.10 Å². The van der Waals surface area contributed by atoms with Gasteiger partial charge in [0.05, 0.1) is 0 Å². The van der Waals surface area contributed by atoms with E-state index in [4.69, 9.17) is 14.2 Å². The standard InChI is InChI=1S/C68H128O6/c1-4-7-10-13-16-19-22-24-26-28-30-32-34-36-38-40-42-44-46-49-52-55-58-61-67(70)73-64-65(63-72-66(69)60-57-54-51-48-21-18-15-12-9-6-3)74-68(71)62-59-56-53-50-47-45-43-41-39-37-35-33-31-29-27-25-23-20-17-14-11-8-5-2/h22,24,28,30,65H,4-21,23,25-27,29,31-64H2,1-3H3/b24-22-,30-28-. The summed E-state index contributed by atoms with van der Waals surface area (Å²) < 4.78 is 16.9. The highest BCUT2D eigenvalue weighted by Crippen LogP contribution is 2.18. The van der Waals surface area contributed by atoms with Gasteiger partial charge in [-0.2, -0.15) is 0 Å². The van der Waals surface area contributed by atoms with Crippen LogP contribution in [0.3, 0.4) is 0 Å². The lowest BCUT2D eigenvalue weighted by molar-refractivity contribution is -0.167. The third-order valence-corrected chi connectivity index (χ3v) is 15.2. The van der Waals surface area contributed by atoms with Crippen LogP contribution in [0.1, 0.15) is 374 Å². The summed E-state index contributed by atoms with van der Waals surface area (Å²) in [7, 11) is 0. The van der Waals surface area contributed by atoms with Gasteiger partial charge in [-0.05, 0) is 51.4 Å². The Morgan fingerprint density at radius 2 is 0.486 bits per heavy atom. The van der Waals surface area contributed by atoms with Crippen molar-refractivity contribution >= 4 is 17.9 Å². The number of allylic oxidation sites excluding steroid dienone is 4. The number of carbonyl (C=O) groups excluding carboxylic acids is 3. The van der Waals surface area contributed by atoms with Gasteiger partial charge in [-0.1, -0.05) is 328 Å². The van der Waals surface area contributed by atoms with Crippen LogP contribution >= 0.6 is 0 Å². The van der Waals surface area contributed by atoms with Gasteiger partial charge in [-0.3, -0.25) is 14.4 Å². The third-order valence-electron chi connectivity index (χ3n) is 15.2. The molecule has 0 fully saturated rings. The SMILES string of the molecule is CCCCCCC/C=C\C/C=C\CCCCCCCCCCCCCC(=O)OCC(COC(=O)CCCCCCCCCCCC)OC(=O)CCCCCCCCCCCCCCCCCCCCCCCCC. The molecule has 0 saturated carbocycles. The molecule has 0 radical (unpaired) electrons. The summed E-state index contributed by atoms with van der Waals surface area (Å²) >= 11 is 0. The van der Waals surface area contributed by atoms with Gasteiger partial charge >= 0.3 is 17.9 Å². The lowest BCUT2D eigenvalue weighted by atomic mass is 10.0. The number of esters is 3. The molecule has 436 valence electrons. The molecule has 1 unspecified atom stereocenters. The van der Waals surface area contributed by atoms with Gasteiger partial charge in [0, 0.05) is 19.3 Å². The highest BCUT2D eigenvalue weighted by atomic mass is 16.6. The van der Waals surface area contributed by atoms with Crippen LogP contribution in [0, 0.1) is 0 Å². The largest absolute Gasteiger partial charge is 0.462 e. The van der Waals surface area contributed by atoms with Crippen LogP contribution in [0.2, 0.25) is 0 Å². The molecule has 0 aliphatic carbocycles. The molecule has 1 atom stereocenters. The average molecular weight is 1040 g/mol. The quantitative estimate of drug-likeness (QED) is 0.0261. The zero-order valence-corrected chi connectivity index (χ0v) is 50.1. The van der Waals surface area contributed by atoms with Crippen molar-refractivity contribution in [3.05, 3.63) is 24.3 Å². The highest BCUT2D eigenvalue weighted by molar-refractivity contribution is 5.71. The van der Waals surface area contributed by atoms with E-state index in [-0.39, 0.29) is 31.1 Å². The van der Waals surface area contributed by atoms with Crippen molar-refractivity contribution in [3.63, 3.8) is 0 Å². The van der Waals surface area contributed by atoms with Gasteiger partial charge in [0.1, 0.15) is 13.2 Å². The Labute approximate surface area is 462 Å². The van der Waals surface area contributed by atoms with Crippen molar-refractivity contribution in [3.8, 4) is 0 Å². The summed E-state index contributed by atoms with van der Waals surface area (Å²) in [5.74, 6) is -0.841. The van der Waals surface area contributed by atoms with Crippen molar-refractivity contribution in [1.82, 2.24) is 0 Å². The molecule has 0 heterocycles. The van der Waals surface area contributed by atoms with E-state index in [0.717, 1.165) is 64.2 Å². The lowest BCUT2D eigenvalue weighted by Gasteiger charge is -2.18. The maximum Gasteiger partial charge on any atom is 0.306 e. The van der Waals surface area contributed by atoms with Crippen LogP contribution in [0.25, 0.3) is 0 Å². The molecule has 0 bridgehead atoms. The number of hydrogen-bond donors (Lipinski definition) is 0. The van der Waals surface area contributed by atoms with Gasteiger partial charge in [0.25, 0.3) is 0 Å². The molecule has 0 spiro atoms. The second-order valence-electron chi connectivity index (χ2n) is 22.7. The number of unbranched alkanes of at least 4 members (excludes halogenated alkanes) is 47. The van der Waals surface area contributed by atoms with E-state index in [1.54, 1.807) is 0 Å². The lowest BCUT2D eigenvalue weighted by Crippen LogP contribution is -2.30. The molecule has 0 aromatic rings. The van der Waals surface area contributed by atoms with Crippen molar-refractivity contribution in [1.29, 1.82) is 0 Å². The van der Waals surface area contributed by atoms with Gasteiger partial charge in [0.15, 0.2) is 6.10 Å². The first-order chi connectivity index (χ1) is 36.5. The molecule has 0 aromatic heterocycles. The van der Waals surface area contributed by atoms with Crippen molar-refractivity contribution in [2.75, 3.05) is 13.2 Å². The van der Waals surface area contributed by atoms with Gasteiger partial charge in [-0.15, -0.1) is 0 Å². The smallest absolute Gasteiger partial charge is 0.306 e. The van der Waals surface area contributed by atoms with E-state index >= 15 is 0 Å². The summed E-state index contributed by atoms with van der Waals surface area (Å²) in [6.07, 6.45) is 76.3. The van der Waals surface area contributed by atoms with Crippen LogP contribution < -0.4 is 0 Å². The minimum absolute atomic E-state index is 0.0657. The second kappa shape index (κ2) is 63.4. The Kier molecular flexibility index (Phi) is 61.6. The van der Waals surface area contributed by atoms with Crippen molar-refractivity contribution in [2.45, 2.75) is 380 Å². The van der Waals surface area contributed by atoms with E-state index in [2.05, 4.69) is 45.1 Å². The molecule has 0 aliphatic rings. The summed E-state index contributed by atoms with van der Waals surface area (Å²) in [5, 5.41) is 0. The molecule has 0 saturated heterocycles. The minimum Gasteiger partial charge on any atom is -0.462 e. The van der Waals surface area contributed by atoms with Crippen LogP contribution in [0.5, 0.6) is 0 Å². The van der Waals surface area contributed by atoms with Crippen LogP contribution in [-0.4, -0.2) is 37.2 Å². The Balaban J connectivity index is 4.18. The van der Waals surface area contributed by atoms with E-state index in [1.165, 1.54) is 270 Å². The molecule has 0 N–H and O–H groups in total. The minimum atomic E-state index is -0.767. The van der Waals surface area contributed by atoms with Crippen molar-refractivity contribution < 1.29 is 28.6 Å². The number of rotatable bonds is 62. The van der Waals surface area contributed by atoms with E-state index in [1.807, 2.05) is 0 Å². The fraction of sp³-hybridized carbons (Fsp3) is 0.897. The second-order valence-corrected chi connectivity index (χ2v) is 22.7. The van der Waals surface area contributed by atoms with Gasteiger partial charge < -0.3 is 14.2 Å². The van der Waals surface area contributed by atoms with Crippen molar-refractivity contribution in [2.24, 2.45) is 0 Å². The predicted molar refractivity (Wildman–Crippen MR) is 321 cm³/mol. The molecule has 6 nitrogen and oxygen atoms in total. The van der Waals surface area contributed by atoms with Gasteiger partial charge in [-0.25, -0.2) is 0 Å². The fourth-order valence-corrected chi connectivity index (χ4v) is 10.2. The third kappa shape index (κ3) is 60.8. The van der Waals surface area contributed by atoms with E-state index in [9.17, 15) is 14.4 Å². The molecule has 74 heavy (non-hydrogen) atoms. The van der Waals surface area contributed by atoms with Crippen LogP contribution in [-0.2, 0) is 28.6 Å². The summed E-state index contributed by atoms with van der Waals surface area (Å²) in [5.41, 5.74) is 0. The first kappa shape index (κ1) is 71.9. The Bertz CT molecular complexity index is 1190. The highest BCUT2D eigenvalue weighted by Gasteiger charge is 2.19. The molecular weight excluding hydrogens is 913 g/mol. The zero-order valence-electron chi connectivity index (χ0n) is 50.1. The number of ether oxygens (including phenoxy) is 3. The maximum absolute atomic E-state index is 12.9. The predicted octanol–water partition coefficient (Wildman–Crippen LogP) is 22.6.